The molecule has 0 aliphatic carbocycles. The lowest BCUT2D eigenvalue weighted by atomic mass is 10.0. The van der Waals surface area contributed by atoms with Crippen molar-refractivity contribution in [3.05, 3.63) is 107 Å². The van der Waals surface area contributed by atoms with E-state index in [1.807, 2.05) is 75.6 Å². The summed E-state index contributed by atoms with van der Waals surface area (Å²) in [4.78, 5) is 33.0. The Kier molecular flexibility index (Phi) is 8.60. The summed E-state index contributed by atoms with van der Waals surface area (Å²) in [5.41, 5.74) is 7.70. The van der Waals surface area contributed by atoms with Crippen molar-refractivity contribution in [1.29, 1.82) is 0 Å². The van der Waals surface area contributed by atoms with Crippen molar-refractivity contribution in [2.45, 2.75) is 65.0 Å². The normalized spacial score (nSPS) is 14.2. The molecule has 0 saturated carbocycles. The summed E-state index contributed by atoms with van der Waals surface area (Å²) >= 11 is 0. The summed E-state index contributed by atoms with van der Waals surface area (Å²) in [5, 5.41) is 0. The van der Waals surface area contributed by atoms with Crippen LogP contribution in [0.5, 0.6) is 5.75 Å². The van der Waals surface area contributed by atoms with E-state index in [0.717, 1.165) is 69.9 Å². The van der Waals surface area contributed by atoms with Gasteiger partial charge in [-0.3, -0.25) is 9.78 Å². The number of hydrogen-bond acceptors (Lipinski definition) is 6. The van der Waals surface area contributed by atoms with Crippen LogP contribution >= 0.6 is 0 Å². The number of pyridine rings is 1. The molecule has 0 atom stereocenters. The van der Waals surface area contributed by atoms with E-state index in [-0.39, 0.29) is 11.2 Å². The van der Waals surface area contributed by atoms with Crippen molar-refractivity contribution in [2.24, 2.45) is 0 Å². The fraction of sp³-hybridized carbons (Fsp3) is 0.333. The van der Waals surface area contributed by atoms with E-state index in [1.54, 1.807) is 0 Å². The number of nitrogens with one attached hydrogen (secondary N) is 1. The Hall–Kier alpha value is -4.82. The van der Waals surface area contributed by atoms with Crippen molar-refractivity contribution in [3.63, 3.8) is 0 Å². The molecule has 0 amide bonds. The number of piperidine rings is 1. The molecule has 0 spiro atoms. The third kappa shape index (κ3) is 7.13. The molecule has 1 fully saturated rings. The largest absolute Gasteiger partial charge is 0.488 e. The number of benzene rings is 3. The van der Waals surface area contributed by atoms with Crippen LogP contribution in [0.2, 0.25) is 0 Å². The van der Waals surface area contributed by atoms with Crippen LogP contribution in [-0.4, -0.2) is 54.6 Å². The number of aryl methyl sites for hydroxylation is 1. The molecule has 3 aromatic heterocycles. The van der Waals surface area contributed by atoms with Gasteiger partial charge in [0.1, 0.15) is 22.9 Å². The lowest BCUT2D eigenvalue weighted by molar-refractivity contribution is 0.131. The van der Waals surface area contributed by atoms with Crippen molar-refractivity contribution in [3.8, 4) is 28.3 Å². The molecule has 0 bridgehead atoms. The van der Waals surface area contributed by atoms with Gasteiger partial charge in [-0.05, 0) is 113 Å². The van der Waals surface area contributed by atoms with Gasteiger partial charge in [-0.1, -0.05) is 42.8 Å². The highest BCUT2D eigenvalue weighted by Crippen LogP contribution is 2.30. The van der Waals surface area contributed by atoms with E-state index >= 15 is 0 Å². The first-order valence-electron chi connectivity index (χ1n) is 16.7. The third-order valence-corrected chi connectivity index (χ3v) is 8.81. The number of nitrogens with zero attached hydrogens (tertiary/aromatic N) is 5. The minimum Gasteiger partial charge on any atom is -0.488 e. The lowest BCUT2D eigenvalue weighted by Gasteiger charge is -2.26. The van der Waals surface area contributed by atoms with E-state index in [9.17, 15) is 4.79 Å². The summed E-state index contributed by atoms with van der Waals surface area (Å²) < 4.78 is 8.30. The van der Waals surface area contributed by atoms with Crippen LogP contribution in [0.3, 0.4) is 0 Å². The SMILES string of the molecule is CC(C)(C)Oc1ccc(Cc2nc3cc4c(cc3[nH]c2=O)nc(-c2ccc(-c3ccncc3)cc2)n4CCCN2CCCCC2)cc1. The number of rotatable bonds is 9. The minimum absolute atomic E-state index is 0.181. The van der Waals surface area contributed by atoms with Gasteiger partial charge in [0, 0.05) is 30.9 Å². The highest BCUT2D eigenvalue weighted by Gasteiger charge is 2.17. The van der Waals surface area contributed by atoms with Crippen LogP contribution in [-0.2, 0) is 13.0 Å². The molecular weight excluding hydrogens is 584 g/mol. The van der Waals surface area contributed by atoms with Crippen LogP contribution in [0.25, 0.3) is 44.6 Å². The molecule has 8 nitrogen and oxygen atoms in total. The second-order valence-corrected chi connectivity index (χ2v) is 13.6. The molecule has 1 aliphatic heterocycles. The summed E-state index contributed by atoms with van der Waals surface area (Å²) in [6.45, 7) is 10.4. The molecule has 0 unspecified atom stereocenters. The Morgan fingerprint density at radius 3 is 2.21 bits per heavy atom. The van der Waals surface area contributed by atoms with Crippen molar-refractivity contribution >= 4 is 22.1 Å². The lowest BCUT2D eigenvalue weighted by Crippen LogP contribution is -2.31. The maximum atomic E-state index is 13.2. The van der Waals surface area contributed by atoms with Gasteiger partial charge in [0.25, 0.3) is 5.56 Å². The van der Waals surface area contributed by atoms with Crippen molar-refractivity contribution < 1.29 is 4.74 Å². The maximum Gasteiger partial charge on any atom is 0.270 e. The second-order valence-electron chi connectivity index (χ2n) is 13.6. The van der Waals surface area contributed by atoms with Crippen molar-refractivity contribution in [2.75, 3.05) is 19.6 Å². The fourth-order valence-corrected chi connectivity index (χ4v) is 6.52. The first-order valence-corrected chi connectivity index (χ1v) is 16.7. The van der Waals surface area contributed by atoms with Gasteiger partial charge in [0.05, 0.1) is 22.1 Å². The Labute approximate surface area is 275 Å². The predicted molar refractivity (Wildman–Crippen MR) is 189 cm³/mol. The van der Waals surface area contributed by atoms with Crippen LogP contribution in [0.1, 0.15) is 57.7 Å². The number of aromatic amines is 1. The molecule has 1 saturated heterocycles. The van der Waals surface area contributed by atoms with Gasteiger partial charge in [-0.25, -0.2) is 9.97 Å². The Morgan fingerprint density at radius 2 is 1.49 bits per heavy atom. The van der Waals surface area contributed by atoms with Gasteiger partial charge in [-0.15, -0.1) is 0 Å². The van der Waals surface area contributed by atoms with E-state index in [4.69, 9.17) is 14.7 Å². The molecule has 1 aliphatic rings. The highest BCUT2D eigenvalue weighted by molar-refractivity contribution is 5.93. The molecular formula is C39H42N6O2. The smallest absolute Gasteiger partial charge is 0.270 e. The number of fused-ring (bicyclic) bond motifs is 2. The van der Waals surface area contributed by atoms with Gasteiger partial charge in [-0.2, -0.15) is 0 Å². The van der Waals surface area contributed by atoms with E-state index in [0.29, 0.717) is 17.6 Å². The summed E-state index contributed by atoms with van der Waals surface area (Å²) in [6.07, 6.45) is 9.01. The number of imidazole rings is 1. The standard InChI is InChI=1S/C39H42N6O2/c1-39(2,3)47-31-14-8-27(9-15-31)24-35-38(46)43-32-25-34-36(26-33(32)41-35)45(23-7-22-44-20-5-4-6-21-44)37(42-34)30-12-10-28(11-13-30)29-16-18-40-19-17-29/h8-19,25-26H,4-7,20-24H2,1-3H3,(H,43,46). The third-order valence-electron chi connectivity index (χ3n) is 8.81. The molecule has 240 valence electrons. The first kappa shape index (κ1) is 30.8. The van der Waals surface area contributed by atoms with E-state index in [2.05, 4.69) is 49.8 Å². The number of ether oxygens (including phenoxy) is 1. The van der Waals surface area contributed by atoms with Crippen molar-refractivity contribution in [1.82, 2.24) is 29.4 Å². The monoisotopic (exact) mass is 626 g/mol. The molecule has 3 aromatic carbocycles. The fourth-order valence-electron chi connectivity index (χ4n) is 6.52. The molecule has 47 heavy (non-hydrogen) atoms. The first-order chi connectivity index (χ1) is 22.8. The summed E-state index contributed by atoms with van der Waals surface area (Å²) in [6, 6.07) is 24.6. The molecule has 0 radical (unpaired) electrons. The minimum atomic E-state index is -0.270. The Balaban J connectivity index is 1.22. The van der Waals surface area contributed by atoms with Gasteiger partial charge in [0.15, 0.2) is 0 Å². The van der Waals surface area contributed by atoms with E-state index in [1.165, 1.54) is 32.4 Å². The van der Waals surface area contributed by atoms with Crippen LogP contribution in [0.4, 0.5) is 0 Å². The average Bonchev–Trinajstić information content (AvgIpc) is 3.42. The Bertz CT molecular complexity index is 2040. The second kappa shape index (κ2) is 13.1. The molecule has 4 heterocycles. The number of aromatic nitrogens is 5. The molecule has 7 rings (SSSR count). The number of hydrogen-bond donors (Lipinski definition) is 1. The Morgan fingerprint density at radius 1 is 0.787 bits per heavy atom. The van der Waals surface area contributed by atoms with Crippen LogP contribution in [0, 0.1) is 0 Å². The highest BCUT2D eigenvalue weighted by atomic mass is 16.5. The zero-order chi connectivity index (χ0) is 32.4. The molecule has 6 aromatic rings. The average molecular weight is 627 g/mol. The molecule has 1 N–H and O–H groups in total. The van der Waals surface area contributed by atoms with Gasteiger partial charge < -0.3 is 19.2 Å². The van der Waals surface area contributed by atoms with E-state index < -0.39 is 0 Å². The van der Waals surface area contributed by atoms with Gasteiger partial charge in [0.2, 0.25) is 0 Å². The maximum absolute atomic E-state index is 13.2. The number of H-pyrrole nitrogens is 1. The number of likely N-dealkylation sites (tertiary alicyclic amines) is 1. The van der Waals surface area contributed by atoms with Gasteiger partial charge >= 0.3 is 0 Å². The molecule has 8 heteroatoms. The summed E-state index contributed by atoms with van der Waals surface area (Å²) in [5.74, 6) is 1.73. The topological polar surface area (TPSA) is 88.9 Å². The van der Waals surface area contributed by atoms with Crippen LogP contribution in [0.15, 0.2) is 90.0 Å². The predicted octanol–water partition coefficient (Wildman–Crippen LogP) is 7.65. The van der Waals surface area contributed by atoms with Crippen LogP contribution < -0.4 is 10.3 Å². The summed E-state index contributed by atoms with van der Waals surface area (Å²) in [7, 11) is 0. The zero-order valence-corrected chi connectivity index (χ0v) is 27.5. The quantitative estimate of drug-likeness (QED) is 0.177. The zero-order valence-electron chi connectivity index (χ0n) is 27.5.